The summed E-state index contributed by atoms with van der Waals surface area (Å²) in [4.78, 5) is 15.5. The highest BCUT2D eigenvalue weighted by Gasteiger charge is 2.13. The Morgan fingerprint density at radius 3 is 2.62 bits per heavy atom. The molecule has 110 valence electrons. The van der Waals surface area contributed by atoms with E-state index in [4.69, 9.17) is 20.9 Å². The van der Waals surface area contributed by atoms with Crippen molar-refractivity contribution in [3.05, 3.63) is 23.9 Å². The summed E-state index contributed by atoms with van der Waals surface area (Å²) < 4.78 is 10.2. The first-order chi connectivity index (χ1) is 10.0. The molecule has 0 atom stereocenters. The van der Waals surface area contributed by atoms with Crippen molar-refractivity contribution >= 4 is 23.2 Å². The number of carbonyl (C=O) groups excluding carboxylic acids is 1. The molecule has 2 aromatic rings. The van der Waals surface area contributed by atoms with Gasteiger partial charge in [-0.05, 0) is 12.1 Å². The Labute approximate surface area is 120 Å². The molecule has 2 aromatic heterocycles. The molecule has 0 radical (unpaired) electrons. The van der Waals surface area contributed by atoms with Crippen LogP contribution in [0, 0.1) is 0 Å². The van der Waals surface area contributed by atoms with E-state index < -0.39 is 5.91 Å². The third-order valence-electron chi connectivity index (χ3n) is 2.55. The van der Waals surface area contributed by atoms with Crippen molar-refractivity contribution in [2.24, 2.45) is 5.73 Å². The van der Waals surface area contributed by atoms with Crippen LogP contribution in [-0.2, 0) is 0 Å². The van der Waals surface area contributed by atoms with Gasteiger partial charge in [-0.25, -0.2) is 0 Å². The lowest BCUT2D eigenvalue weighted by Crippen LogP contribution is -2.17. The highest BCUT2D eigenvalue weighted by molar-refractivity contribution is 5.97. The minimum Gasteiger partial charge on any atom is -0.491 e. The number of hydrogen-bond donors (Lipinski definition) is 3. The third-order valence-corrected chi connectivity index (χ3v) is 2.55. The first kappa shape index (κ1) is 14.3. The van der Waals surface area contributed by atoms with E-state index in [1.807, 2.05) is 0 Å². The third kappa shape index (κ3) is 3.08. The predicted molar refractivity (Wildman–Crippen MR) is 75.6 cm³/mol. The van der Waals surface area contributed by atoms with Gasteiger partial charge in [-0.1, -0.05) is 0 Å². The summed E-state index contributed by atoms with van der Waals surface area (Å²) in [5.74, 6) is 0.583. The molecule has 0 aliphatic rings. The van der Waals surface area contributed by atoms with Gasteiger partial charge in [0.2, 0.25) is 0 Å². The number of aromatic nitrogens is 3. The maximum Gasteiger partial charge on any atom is 0.271 e. The summed E-state index contributed by atoms with van der Waals surface area (Å²) in [6.45, 7) is 0. The second-order valence-electron chi connectivity index (χ2n) is 3.93. The van der Waals surface area contributed by atoms with Gasteiger partial charge in [0, 0.05) is 6.07 Å². The fourth-order valence-corrected chi connectivity index (χ4v) is 1.62. The molecular formula is C12H14N6O3. The van der Waals surface area contributed by atoms with E-state index in [0.29, 0.717) is 17.3 Å². The van der Waals surface area contributed by atoms with Gasteiger partial charge in [0.25, 0.3) is 11.8 Å². The largest absolute Gasteiger partial charge is 0.491 e. The number of nitrogens with zero attached hydrogens (tertiary/aromatic N) is 3. The van der Waals surface area contributed by atoms with Gasteiger partial charge in [-0.2, -0.15) is 4.98 Å². The SMILES string of the molecule is COc1ccc(Nc2cc(N)nnc2C(N)=O)nc1OC. The summed E-state index contributed by atoms with van der Waals surface area (Å²) in [5, 5.41) is 10.1. The number of carbonyl (C=O) groups is 1. The maximum atomic E-state index is 11.3. The van der Waals surface area contributed by atoms with E-state index >= 15 is 0 Å². The monoisotopic (exact) mass is 290 g/mol. The summed E-state index contributed by atoms with van der Waals surface area (Å²) in [6, 6.07) is 4.74. The quantitative estimate of drug-likeness (QED) is 0.715. The van der Waals surface area contributed by atoms with Crippen LogP contribution < -0.4 is 26.3 Å². The van der Waals surface area contributed by atoms with Crippen molar-refractivity contribution < 1.29 is 14.3 Å². The second kappa shape index (κ2) is 5.90. The van der Waals surface area contributed by atoms with E-state index in [1.165, 1.54) is 20.3 Å². The zero-order valence-corrected chi connectivity index (χ0v) is 11.5. The van der Waals surface area contributed by atoms with Crippen molar-refractivity contribution in [1.29, 1.82) is 0 Å². The molecule has 9 heteroatoms. The Bertz CT molecular complexity index is 676. The van der Waals surface area contributed by atoms with Crippen molar-refractivity contribution in [3.63, 3.8) is 0 Å². The summed E-state index contributed by atoms with van der Waals surface area (Å²) >= 11 is 0. The van der Waals surface area contributed by atoms with Gasteiger partial charge >= 0.3 is 0 Å². The van der Waals surface area contributed by atoms with Gasteiger partial charge in [0.15, 0.2) is 11.4 Å². The smallest absolute Gasteiger partial charge is 0.271 e. The number of primary amides is 1. The molecule has 9 nitrogen and oxygen atoms in total. The van der Waals surface area contributed by atoms with Gasteiger partial charge in [0.05, 0.1) is 19.9 Å². The van der Waals surface area contributed by atoms with Crippen LogP contribution in [0.3, 0.4) is 0 Å². The van der Waals surface area contributed by atoms with Crippen LogP contribution in [0.2, 0.25) is 0 Å². The number of methoxy groups -OCH3 is 2. The summed E-state index contributed by atoms with van der Waals surface area (Å²) in [5.41, 5.74) is 11.0. The molecule has 0 aliphatic heterocycles. The molecule has 5 N–H and O–H groups in total. The molecule has 0 spiro atoms. The number of amides is 1. The summed E-state index contributed by atoms with van der Waals surface area (Å²) in [6.07, 6.45) is 0. The van der Waals surface area contributed by atoms with Crippen molar-refractivity contribution in [1.82, 2.24) is 15.2 Å². The molecule has 0 aliphatic carbocycles. The molecule has 0 aromatic carbocycles. The standard InChI is InChI=1S/C12H14N6O3/c1-20-7-3-4-9(16-12(7)21-2)15-6-5-8(13)17-18-10(6)11(14)19/h3-5H,1-2H3,(H2,14,19)(H3,13,15,16,17). The van der Waals surface area contributed by atoms with Gasteiger partial charge in [-0.15, -0.1) is 10.2 Å². The lowest BCUT2D eigenvalue weighted by Gasteiger charge is -2.11. The molecule has 0 bridgehead atoms. The minimum absolute atomic E-state index is 0.0409. The molecule has 21 heavy (non-hydrogen) atoms. The fourth-order valence-electron chi connectivity index (χ4n) is 1.62. The number of pyridine rings is 1. The number of nitrogens with two attached hydrogens (primary N) is 2. The number of nitrogens with one attached hydrogen (secondary N) is 1. The van der Waals surface area contributed by atoms with Crippen molar-refractivity contribution in [3.8, 4) is 11.6 Å². The van der Waals surface area contributed by atoms with Gasteiger partial charge in [-0.3, -0.25) is 4.79 Å². The average Bonchev–Trinajstić information content (AvgIpc) is 2.46. The van der Waals surface area contributed by atoms with E-state index in [9.17, 15) is 4.79 Å². The number of nitrogen functional groups attached to an aromatic ring is 1. The number of ether oxygens (including phenoxy) is 2. The van der Waals surface area contributed by atoms with Crippen LogP contribution in [0.4, 0.5) is 17.3 Å². The normalized spacial score (nSPS) is 10.0. The highest BCUT2D eigenvalue weighted by Crippen LogP contribution is 2.27. The van der Waals surface area contributed by atoms with Gasteiger partial charge in [0.1, 0.15) is 11.6 Å². The Morgan fingerprint density at radius 1 is 1.24 bits per heavy atom. The molecule has 0 unspecified atom stereocenters. The van der Waals surface area contributed by atoms with E-state index in [0.717, 1.165) is 0 Å². The molecule has 0 saturated heterocycles. The van der Waals surface area contributed by atoms with Crippen LogP contribution in [-0.4, -0.2) is 35.3 Å². The van der Waals surface area contributed by atoms with Gasteiger partial charge < -0.3 is 26.3 Å². The zero-order valence-electron chi connectivity index (χ0n) is 11.5. The zero-order chi connectivity index (χ0) is 15.4. The van der Waals surface area contributed by atoms with Crippen molar-refractivity contribution in [2.45, 2.75) is 0 Å². The Kier molecular flexibility index (Phi) is 4.02. The highest BCUT2D eigenvalue weighted by atomic mass is 16.5. The predicted octanol–water partition coefficient (Wildman–Crippen LogP) is 0.313. The van der Waals surface area contributed by atoms with Crippen LogP contribution >= 0.6 is 0 Å². The minimum atomic E-state index is -0.731. The molecule has 2 heterocycles. The van der Waals surface area contributed by atoms with Crippen LogP contribution in [0.15, 0.2) is 18.2 Å². The van der Waals surface area contributed by atoms with E-state index in [1.54, 1.807) is 12.1 Å². The first-order valence-electron chi connectivity index (χ1n) is 5.84. The molecule has 1 amide bonds. The molecular weight excluding hydrogens is 276 g/mol. The Hall–Kier alpha value is -3.10. The second-order valence-corrected chi connectivity index (χ2v) is 3.93. The number of hydrogen-bond acceptors (Lipinski definition) is 8. The lowest BCUT2D eigenvalue weighted by molar-refractivity contribution is 0.0995. The average molecular weight is 290 g/mol. The lowest BCUT2D eigenvalue weighted by atomic mass is 10.3. The van der Waals surface area contributed by atoms with Crippen LogP contribution in [0.1, 0.15) is 10.5 Å². The Balaban J connectivity index is 2.38. The molecule has 0 saturated carbocycles. The van der Waals surface area contributed by atoms with E-state index in [2.05, 4.69) is 20.5 Å². The maximum absolute atomic E-state index is 11.3. The molecule has 0 fully saturated rings. The number of rotatable bonds is 5. The first-order valence-corrected chi connectivity index (χ1v) is 5.84. The Morgan fingerprint density at radius 2 is 2.00 bits per heavy atom. The fraction of sp³-hybridized carbons (Fsp3) is 0.167. The topological polar surface area (TPSA) is 138 Å². The summed E-state index contributed by atoms with van der Waals surface area (Å²) in [7, 11) is 2.97. The van der Waals surface area contributed by atoms with Crippen LogP contribution in [0.25, 0.3) is 0 Å². The van der Waals surface area contributed by atoms with E-state index in [-0.39, 0.29) is 17.4 Å². The van der Waals surface area contributed by atoms with Crippen LogP contribution in [0.5, 0.6) is 11.6 Å². The van der Waals surface area contributed by atoms with Crippen molar-refractivity contribution in [2.75, 3.05) is 25.3 Å². The molecule has 2 rings (SSSR count). The number of anilines is 3.